The molecule has 2 heterocycles. The van der Waals surface area contributed by atoms with Gasteiger partial charge in [-0.15, -0.1) is 11.3 Å². The first-order chi connectivity index (χ1) is 10.7. The molecule has 0 atom stereocenters. The second kappa shape index (κ2) is 6.85. The molecule has 6 heteroatoms. The summed E-state index contributed by atoms with van der Waals surface area (Å²) in [5, 5.41) is 2.40. The van der Waals surface area contributed by atoms with Crippen molar-refractivity contribution in [3.63, 3.8) is 0 Å². The van der Waals surface area contributed by atoms with E-state index in [1.165, 1.54) is 6.08 Å². The zero-order valence-electron chi connectivity index (χ0n) is 11.6. The predicted octanol–water partition coefficient (Wildman–Crippen LogP) is 3.93. The van der Waals surface area contributed by atoms with Gasteiger partial charge in [-0.05, 0) is 35.2 Å². The predicted molar refractivity (Wildman–Crippen MR) is 85.6 cm³/mol. The van der Waals surface area contributed by atoms with E-state index in [2.05, 4.69) is 0 Å². The molecule has 0 saturated carbocycles. The van der Waals surface area contributed by atoms with Crippen molar-refractivity contribution in [1.82, 2.24) is 0 Å². The van der Waals surface area contributed by atoms with E-state index in [1.54, 1.807) is 29.5 Å². The summed E-state index contributed by atoms with van der Waals surface area (Å²) in [6.45, 7) is 1.09. The lowest BCUT2D eigenvalue weighted by Crippen LogP contribution is -2.16. The van der Waals surface area contributed by atoms with E-state index in [0.717, 1.165) is 10.4 Å². The van der Waals surface area contributed by atoms with E-state index < -0.39 is 5.97 Å². The summed E-state index contributed by atoms with van der Waals surface area (Å²) in [5.74, 6) is 0.721. The van der Waals surface area contributed by atoms with Crippen LogP contribution in [0.1, 0.15) is 10.4 Å². The Balaban J connectivity index is 1.61. The Morgan fingerprint density at radius 1 is 1.36 bits per heavy atom. The summed E-state index contributed by atoms with van der Waals surface area (Å²) in [7, 11) is 0. The van der Waals surface area contributed by atoms with Crippen molar-refractivity contribution < 1.29 is 19.0 Å². The van der Waals surface area contributed by atoms with Crippen LogP contribution in [-0.4, -0.2) is 19.2 Å². The Hall–Kier alpha value is -1.98. The number of hydrogen-bond acceptors (Lipinski definition) is 5. The Bertz CT molecular complexity index is 694. The van der Waals surface area contributed by atoms with Crippen LogP contribution in [0.5, 0.6) is 11.5 Å². The summed E-state index contributed by atoms with van der Waals surface area (Å²) in [6.07, 6.45) is 3.13. The smallest absolute Gasteiger partial charge is 0.331 e. The minimum absolute atomic E-state index is 0.129. The molecule has 2 aromatic rings. The number of fused-ring (bicyclic) bond motifs is 1. The molecule has 22 heavy (non-hydrogen) atoms. The fraction of sp³-hybridized carbons (Fsp3) is 0.188. The van der Waals surface area contributed by atoms with E-state index in [4.69, 9.17) is 25.8 Å². The number of carbonyl (C=O) groups excluding carboxylic acids is 1. The van der Waals surface area contributed by atoms with Gasteiger partial charge in [-0.25, -0.2) is 4.79 Å². The summed E-state index contributed by atoms with van der Waals surface area (Å²) in [6, 6.07) is 7.34. The van der Waals surface area contributed by atoms with Gasteiger partial charge in [-0.2, -0.15) is 0 Å². The molecule has 0 bridgehead atoms. The number of carbonyl (C=O) groups is 1. The first-order valence-electron chi connectivity index (χ1n) is 6.69. The van der Waals surface area contributed by atoms with Crippen LogP contribution >= 0.6 is 22.9 Å². The number of benzene rings is 1. The molecule has 4 nitrogen and oxygen atoms in total. The Labute approximate surface area is 136 Å². The fourth-order valence-corrected chi connectivity index (χ4v) is 2.89. The zero-order valence-corrected chi connectivity index (χ0v) is 13.2. The van der Waals surface area contributed by atoms with Gasteiger partial charge in [0, 0.05) is 11.0 Å². The van der Waals surface area contributed by atoms with Gasteiger partial charge in [0.2, 0.25) is 0 Å². The van der Waals surface area contributed by atoms with Gasteiger partial charge >= 0.3 is 5.97 Å². The van der Waals surface area contributed by atoms with Crippen LogP contribution in [0.4, 0.5) is 0 Å². The van der Waals surface area contributed by atoms with Gasteiger partial charge in [0.15, 0.2) is 11.5 Å². The van der Waals surface area contributed by atoms with Gasteiger partial charge in [0.1, 0.15) is 19.8 Å². The summed E-state index contributed by atoms with van der Waals surface area (Å²) in [4.78, 5) is 12.7. The fourth-order valence-electron chi connectivity index (χ4n) is 1.99. The maximum absolute atomic E-state index is 11.7. The quantitative estimate of drug-likeness (QED) is 0.627. The first kappa shape index (κ1) is 14.9. The molecular formula is C16H13ClO4S. The molecule has 114 valence electrons. The minimum Gasteiger partial charge on any atom is -0.486 e. The molecule has 1 aromatic carbocycles. The molecule has 0 spiro atoms. The molecule has 1 aliphatic rings. The summed E-state index contributed by atoms with van der Waals surface area (Å²) >= 11 is 7.69. The molecule has 1 aliphatic heterocycles. The Morgan fingerprint density at radius 2 is 2.23 bits per heavy atom. The van der Waals surface area contributed by atoms with Crippen molar-refractivity contribution in [2.75, 3.05) is 13.2 Å². The highest BCUT2D eigenvalue weighted by atomic mass is 35.5. The van der Waals surface area contributed by atoms with Crippen LogP contribution in [0.2, 0.25) is 5.02 Å². The summed E-state index contributed by atoms with van der Waals surface area (Å²) < 4.78 is 16.1. The molecule has 0 radical (unpaired) electrons. The molecule has 0 amide bonds. The first-order valence-corrected chi connectivity index (χ1v) is 7.94. The van der Waals surface area contributed by atoms with Crippen molar-refractivity contribution in [3.05, 3.63) is 51.2 Å². The van der Waals surface area contributed by atoms with Crippen molar-refractivity contribution in [2.45, 2.75) is 6.61 Å². The number of halogens is 1. The SMILES string of the molecule is O=C(/C=C/c1cccs1)OCc1cc(Cl)c2c(c1)OCCO2. The number of hydrogen-bond donors (Lipinski definition) is 0. The standard InChI is InChI=1S/C16H13ClO4S/c17-13-8-11(9-14-16(13)20-6-5-19-14)10-21-15(18)4-3-12-2-1-7-22-12/h1-4,7-9H,5-6,10H2/b4-3+. The molecular weight excluding hydrogens is 324 g/mol. The molecule has 0 aliphatic carbocycles. The van der Waals surface area contributed by atoms with Gasteiger partial charge in [-0.3, -0.25) is 0 Å². The lowest BCUT2D eigenvalue weighted by atomic mass is 10.2. The van der Waals surface area contributed by atoms with E-state index in [-0.39, 0.29) is 6.61 Å². The maximum atomic E-state index is 11.7. The Kier molecular flexibility index (Phi) is 4.65. The topological polar surface area (TPSA) is 44.8 Å². The van der Waals surface area contributed by atoms with Gasteiger partial charge in [0.25, 0.3) is 0 Å². The van der Waals surface area contributed by atoms with Crippen LogP contribution < -0.4 is 9.47 Å². The van der Waals surface area contributed by atoms with E-state index >= 15 is 0 Å². The van der Waals surface area contributed by atoms with E-state index in [0.29, 0.717) is 29.7 Å². The summed E-state index contributed by atoms with van der Waals surface area (Å²) in [5.41, 5.74) is 0.757. The number of rotatable bonds is 4. The average Bonchev–Trinajstić information content (AvgIpc) is 3.04. The maximum Gasteiger partial charge on any atom is 0.331 e. The average molecular weight is 337 g/mol. The molecule has 1 aromatic heterocycles. The highest BCUT2D eigenvalue weighted by molar-refractivity contribution is 7.10. The number of thiophene rings is 1. The van der Waals surface area contributed by atoms with Crippen LogP contribution in [0, 0.1) is 0 Å². The van der Waals surface area contributed by atoms with Crippen molar-refractivity contribution >= 4 is 35.0 Å². The van der Waals surface area contributed by atoms with Gasteiger partial charge < -0.3 is 14.2 Å². The molecule has 0 saturated heterocycles. The molecule has 0 unspecified atom stereocenters. The van der Waals surface area contributed by atoms with Crippen molar-refractivity contribution in [1.29, 1.82) is 0 Å². The third-order valence-electron chi connectivity index (χ3n) is 2.96. The molecule has 0 fully saturated rings. The molecule has 0 N–H and O–H groups in total. The second-order valence-electron chi connectivity index (χ2n) is 4.56. The molecule has 3 rings (SSSR count). The minimum atomic E-state index is -0.403. The number of esters is 1. The van der Waals surface area contributed by atoms with Crippen LogP contribution in [0.15, 0.2) is 35.7 Å². The van der Waals surface area contributed by atoms with Crippen LogP contribution in [-0.2, 0) is 16.1 Å². The van der Waals surface area contributed by atoms with E-state index in [9.17, 15) is 4.79 Å². The monoisotopic (exact) mass is 336 g/mol. The number of ether oxygens (including phenoxy) is 3. The Morgan fingerprint density at radius 3 is 3.05 bits per heavy atom. The van der Waals surface area contributed by atoms with Crippen LogP contribution in [0.3, 0.4) is 0 Å². The van der Waals surface area contributed by atoms with Crippen LogP contribution in [0.25, 0.3) is 6.08 Å². The highest BCUT2D eigenvalue weighted by Gasteiger charge is 2.16. The highest BCUT2D eigenvalue weighted by Crippen LogP contribution is 2.38. The van der Waals surface area contributed by atoms with Gasteiger partial charge in [-0.1, -0.05) is 17.7 Å². The van der Waals surface area contributed by atoms with Gasteiger partial charge in [0.05, 0.1) is 5.02 Å². The van der Waals surface area contributed by atoms with E-state index in [1.807, 2.05) is 17.5 Å². The normalized spacial score (nSPS) is 13.3. The lowest BCUT2D eigenvalue weighted by Gasteiger charge is -2.20. The second-order valence-corrected chi connectivity index (χ2v) is 5.94. The largest absolute Gasteiger partial charge is 0.486 e. The van der Waals surface area contributed by atoms with Crippen molar-refractivity contribution in [3.8, 4) is 11.5 Å². The zero-order chi connectivity index (χ0) is 15.4. The third-order valence-corrected chi connectivity index (χ3v) is 4.08. The third kappa shape index (κ3) is 3.61. The van der Waals surface area contributed by atoms with Crippen molar-refractivity contribution in [2.24, 2.45) is 0 Å². The lowest BCUT2D eigenvalue weighted by molar-refractivity contribution is -0.138.